The first-order valence-corrected chi connectivity index (χ1v) is 16.8. The fourth-order valence-corrected chi connectivity index (χ4v) is 6.35. The van der Waals surface area contributed by atoms with Crippen molar-refractivity contribution in [3.8, 4) is 0 Å². The lowest BCUT2D eigenvalue weighted by atomic mass is 9.95. The molecule has 0 radical (unpaired) electrons. The molecule has 10 atom stereocenters. The first-order chi connectivity index (χ1) is 24.9. The van der Waals surface area contributed by atoms with Gasteiger partial charge in [0.1, 0.15) is 37.1 Å². The van der Waals surface area contributed by atoms with Gasteiger partial charge in [0.15, 0.2) is 18.7 Å². The lowest BCUT2D eigenvalue weighted by molar-refractivity contribution is -0.380. The van der Waals surface area contributed by atoms with Gasteiger partial charge < -0.3 is 42.6 Å². The number of benzene rings is 3. The average Bonchev–Trinajstić information content (AvgIpc) is 3.15. The standard InChI is InChI=1S/C37H41N3O11/c1-23(41)43-21-29-32(31(28(20-44-29)39-40-38)45-18-25-12-6-3-7-13-25)51-37-35(48-24(2)42)34(46-19-26-14-8-4-9-15-26)33-30(49-37)22-47-36(50-33)27-16-10-5-11-17-27/h3-17,28-37H,18-22H2,1-2H3/t28?,29?,30?,31?,32-,33-,34?,35?,36?,37?/m1/s1. The Morgan fingerprint density at radius 1 is 0.765 bits per heavy atom. The zero-order chi connectivity index (χ0) is 35.6. The fraction of sp³-hybridized carbons (Fsp3) is 0.459. The van der Waals surface area contributed by atoms with Gasteiger partial charge in [-0.2, -0.15) is 0 Å². The Labute approximate surface area is 295 Å². The molecule has 3 aliphatic heterocycles. The number of nitrogens with zero attached hydrogens (tertiary/aromatic N) is 3. The van der Waals surface area contributed by atoms with Gasteiger partial charge in [0.2, 0.25) is 0 Å². The quantitative estimate of drug-likeness (QED) is 0.102. The topological polar surface area (TPSA) is 166 Å². The summed E-state index contributed by atoms with van der Waals surface area (Å²) in [7, 11) is 0. The molecule has 3 heterocycles. The first-order valence-electron chi connectivity index (χ1n) is 16.8. The third kappa shape index (κ3) is 9.50. The third-order valence-electron chi connectivity index (χ3n) is 8.72. The number of esters is 2. The van der Waals surface area contributed by atoms with Crippen molar-refractivity contribution in [2.45, 2.75) is 88.4 Å². The van der Waals surface area contributed by atoms with Crippen molar-refractivity contribution < 1.29 is 52.2 Å². The molecule has 0 aromatic heterocycles. The molecule has 8 unspecified atom stereocenters. The second-order valence-electron chi connectivity index (χ2n) is 12.4. The van der Waals surface area contributed by atoms with E-state index in [1.807, 2.05) is 91.0 Å². The molecule has 0 spiro atoms. The van der Waals surface area contributed by atoms with Crippen molar-refractivity contribution in [1.82, 2.24) is 0 Å². The first kappa shape index (κ1) is 36.4. The van der Waals surface area contributed by atoms with Crippen LogP contribution in [-0.2, 0) is 65.4 Å². The van der Waals surface area contributed by atoms with Gasteiger partial charge in [-0.05, 0) is 16.7 Å². The minimum atomic E-state index is -1.27. The zero-order valence-corrected chi connectivity index (χ0v) is 28.3. The Morgan fingerprint density at radius 3 is 2.00 bits per heavy atom. The van der Waals surface area contributed by atoms with Gasteiger partial charge in [-0.3, -0.25) is 9.59 Å². The third-order valence-corrected chi connectivity index (χ3v) is 8.72. The summed E-state index contributed by atoms with van der Waals surface area (Å²) in [6, 6.07) is 27.7. The van der Waals surface area contributed by atoms with Gasteiger partial charge in [-0.25, -0.2) is 0 Å². The Balaban J connectivity index is 1.33. The normalized spacial score (nSPS) is 30.3. The highest BCUT2D eigenvalue weighted by Crippen LogP contribution is 2.38. The minimum Gasteiger partial charge on any atom is -0.463 e. The van der Waals surface area contributed by atoms with Gasteiger partial charge in [0, 0.05) is 24.3 Å². The predicted molar refractivity (Wildman–Crippen MR) is 178 cm³/mol. The summed E-state index contributed by atoms with van der Waals surface area (Å²) in [6.45, 7) is 2.78. The van der Waals surface area contributed by atoms with Gasteiger partial charge in [0.25, 0.3) is 0 Å². The van der Waals surface area contributed by atoms with Crippen LogP contribution in [0.4, 0.5) is 0 Å². The van der Waals surface area contributed by atoms with E-state index < -0.39 is 73.3 Å². The molecular weight excluding hydrogens is 662 g/mol. The summed E-state index contributed by atoms with van der Waals surface area (Å²) in [5, 5.41) is 3.95. The van der Waals surface area contributed by atoms with Crippen LogP contribution < -0.4 is 0 Å². The number of hydrogen-bond donors (Lipinski definition) is 0. The van der Waals surface area contributed by atoms with E-state index in [1.165, 1.54) is 13.8 Å². The van der Waals surface area contributed by atoms with E-state index in [2.05, 4.69) is 10.0 Å². The van der Waals surface area contributed by atoms with Crippen molar-refractivity contribution >= 4 is 11.9 Å². The molecule has 0 amide bonds. The molecule has 3 aromatic carbocycles. The van der Waals surface area contributed by atoms with Crippen molar-refractivity contribution in [3.63, 3.8) is 0 Å². The maximum absolute atomic E-state index is 12.7. The molecule has 270 valence electrons. The molecular formula is C37H41N3O11. The van der Waals surface area contributed by atoms with Crippen LogP contribution in [0, 0.1) is 0 Å². The van der Waals surface area contributed by atoms with Gasteiger partial charge in [-0.1, -0.05) is 96.1 Å². The highest BCUT2D eigenvalue weighted by molar-refractivity contribution is 5.66. The van der Waals surface area contributed by atoms with E-state index in [1.54, 1.807) is 0 Å². The summed E-state index contributed by atoms with van der Waals surface area (Å²) < 4.78 is 56.1. The van der Waals surface area contributed by atoms with Crippen molar-refractivity contribution in [2.75, 3.05) is 19.8 Å². The molecule has 0 bridgehead atoms. The van der Waals surface area contributed by atoms with Crippen LogP contribution in [0.5, 0.6) is 0 Å². The maximum Gasteiger partial charge on any atom is 0.303 e. The molecule has 0 aliphatic carbocycles. The molecule has 0 saturated carbocycles. The number of hydrogen-bond acceptors (Lipinski definition) is 12. The largest absolute Gasteiger partial charge is 0.463 e. The average molecular weight is 704 g/mol. The van der Waals surface area contributed by atoms with Crippen LogP contribution in [-0.4, -0.2) is 86.8 Å². The Morgan fingerprint density at radius 2 is 1.39 bits per heavy atom. The van der Waals surface area contributed by atoms with E-state index in [9.17, 15) is 15.1 Å². The van der Waals surface area contributed by atoms with Crippen LogP contribution in [0.15, 0.2) is 96.1 Å². The Kier molecular flexibility index (Phi) is 12.7. The molecule has 3 aliphatic rings. The SMILES string of the molecule is CC(=O)OCC1OCC(N=[N+]=[N-])C(OCc2ccccc2)[C@@H]1OC1OC2COC(c3ccccc3)O[C@H]2C(OCc2ccccc2)C1OC(C)=O. The van der Waals surface area contributed by atoms with Gasteiger partial charge >= 0.3 is 11.9 Å². The number of carbonyl (C=O) groups excluding carboxylic acids is 2. The van der Waals surface area contributed by atoms with Gasteiger partial charge in [0.05, 0.1) is 38.6 Å². The summed E-state index contributed by atoms with van der Waals surface area (Å²) in [5.74, 6) is -1.12. The van der Waals surface area contributed by atoms with Crippen LogP contribution in [0.1, 0.15) is 36.8 Å². The molecule has 3 saturated heterocycles. The number of carbonyl (C=O) groups is 2. The zero-order valence-electron chi connectivity index (χ0n) is 28.3. The highest BCUT2D eigenvalue weighted by Gasteiger charge is 2.55. The second-order valence-corrected chi connectivity index (χ2v) is 12.4. The number of rotatable bonds is 13. The lowest BCUT2D eigenvalue weighted by Gasteiger charge is -2.50. The van der Waals surface area contributed by atoms with Crippen LogP contribution in [0.3, 0.4) is 0 Å². The lowest BCUT2D eigenvalue weighted by Crippen LogP contribution is -2.66. The molecule has 3 fully saturated rings. The predicted octanol–water partition coefficient (Wildman–Crippen LogP) is 4.95. The summed E-state index contributed by atoms with van der Waals surface area (Å²) >= 11 is 0. The second kappa shape index (κ2) is 17.7. The van der Waals surface area contributed by atoms with Gasteiger partial charge in [-0.15, -0.1) is 0 Å². The van der Waals surface area contributed by atoms with E-state index in [0.29, 0.717) is 0 Å². The summed E-state index contributed by atoms with van der Waals surface area (Å²) in [5.41, 5.74) is 12.0. The molecule has 14 heteroatoms. The van der Waals surface area contributed by atoms with Crippen LogP contribution in [0.2, 0.25) is 0 Å². The maximum atomic E-state index is 12.7. The monoisotopic (exact) mass is 703 g/mol. The Hall–Kier alpha value is -4.37. The molecule has 6 rings (SSSR count). The highest BCUT2D eigenvalue weighted by atomic mass is 16.8. The minimum absolute atomic E-state index is 0.0235. The molecule has 14 nitrogen and oxygen atoms in total. The summed E-state index contributed by atoms with van der Waals surface area (Å²) in [4.78, 5) is 27.6. The number of ether oxygens (including phenoxy) is 9. The van der Waals surface area contributed by atoms with E-state index >= 15 is 0 Å². The fourth-order valence-electron chi connectivity index (χ4n) is 6.35. The van der Waals surface area contributed by atoms with Crippen molar-refractivity contribution in [3.05, 3.63) is 118 Å². The number of fused-ring (bicyclic) bond motifs is 1. The van der Waals surface area contributed by atoms with Crippen LogP contribution in [0.25, 0.3) is 10.4 Å². The van der Waals surface area contributed by atoms with E-state index in [4.69, 9.17) is 42.6 Å². The van der Waals surface area contributed by atoms with Crippen molar-refractivity contribution in [2.24, 2.45) is 5.11 Å². The summed E-state index contributed by atoms with van der Waals surface area (Å²) in [6.07, 6.45) is -8.27. The number of azide groups is 1. The Bertz CT molecular complexity index is 1610. The molecule has 51 heavy (non-hydrogen) atoms. The molecule has 0 N–H and O–H groups in total. The smallest absolute Gasteiger partial charge is 0.303 e. The van der Waals surface area contributed by atoms with E-state index in [0.717, 1.165) is 16.7 Å². The van der Waals surface area contributed by atoms with Crippen LogP contribution >= 0.6 is 0 Å². The van der Waals surface area contributed by atoms with E-state index in [-0.39, 0.29) is 33.0 Å². The molecule has 3 aromatic rings. The van der Waals surface area contributed by atoms with Crippen molar-refractivity contribution in [1.29, 1.82) is 0 Å².